The fraction of sp³-hybridized carbons (Fsp3) is 0.571. The molecule has 2 aromatic heterocycles. The molecule has 5 nitrogen and oxygen atoms in total. The molecule has 0 saturated heterocycles. The molecule has 5 heteroatoms. The summed E-state index contributed by atoms with van der Waals surface area (Å²) in [5.74, 6) is 0. The number of aryl methyl sites for hydroxylation is 3. The Balaban J connectivity index is 2.50. The van der Waals surface area contributed by atoms with Crippen molar-refractivity contribution in [3.05, 3.63) is 23.3 Å². The first-order chi connectivity index (χ1) is 9.04. The molecule has 104 valence electrons. The molecule has 0 aliphatic carbocycles. The molecule has 0 aliphatic heterocycles. The van der Waals surface area contributed by atoms with Gasteiger partial charge in [-0.2, -0.15) is 0 Å². The Labute approximate surface area is 113 Å². The maximum absolute atomic E-state index is 5.63. The third kappa shape index (κ3) is 2.77. The molecule has 2 N–H and O–H groups in total. The summed E-state index contributed by atoms with van der Waals surface area (Å²) in [6.07, 6.45) is 2.67. The average molecular weight is 262 g/mol. The molecule has 2 heterocycles. The summed E-state index contributed by atoms with van der Waals surface area (Å²) in [6.45, 7) is 9.46. The van der Waals surface area contributed by atoms with Crippen molar-refractivity contribution in [1.29, 1.82) is 0 Å². The van der Waals surface area contributed by atoms with Crippen molar-refractivity contribution < 1.29 is 4.74 Å². The molecule has 0 amide bonds. The molecule has 0 spiro atoms. The van der Waals surface area contributed by atoms with Crippen LogP contribution in [0.5, 0.6) is 0 Å². The highest BCUT2D eigenvalue weighted by Crippen LogP contribution is 2.23. The van der Waals surface area contributed by atoms with Gasteiger partial charge in [0.05, 0.1) is 24.1 Å². The van der Waals surface area contributed by atoms with Crippen LogP contribution in [0.1, 0.15) is 37.2 Å². The summed E-state index contributed by atoms with van der Waals surface area (Å²) >= 11 is 0. The van der Waals surface area contributed by atoms with Crippen LogP contribution in [-0.2, 0) is 17.9 Å². The Bertz CT molecular complexity index is 574. The van der Waals surface area contributed by atoms with Gasteiger partial charge in [-0.15, -0.1) is 0 Å². The quantitative estimate of drug-likeness (QED) is 0.839. The zero-order chi connectivity index (χ0) is 14.0. The van der Waals surface area contributed by atoms with Crippen LogP contribution in [-0.4, -0.2) is 20.8 Å². The first-order valence-corrected chi connectivity index (χ1v) is 6.72. The largest absolute Gasteiger partial charge is 0.358 e. The number of imidazole rings is 1. The lowest BCUT2D eigenvalue weighted by molar-refractivity contribution is 0.0562. The number of fused-ring (bicyclic) bond motifs is 1. The van der Waals surface area contributed by atoms with Gasteiger partial charge in [-0.3, -0.25) is 4.98 Å². The third-order valence-electron chi connectivity index (χ3n) is 3.26. The smallest absolute Gasteiger partial charge is 0.113 e. The Morgan fingerprint density at radius 3 is 2.79 bits per heavy atom. The van der Waals surface area contributed by atoms with E-state index in [9.17, 15) is 0 Å². The lowest BCUT2D eigenvalue weighted by Crippen LogP contribution is -2.19. The second-order valence-corrected chi connectivity index (χ2v) is 4.92. The molecule has 0 radical (unpaired) electrons. The Hall–Kier alpha value is -1.46. The van der Waals surface area contributed by atoms with Gasteiger partial charge in [0.25, 0.3) is 0 Å². The highest BCUT2D eigenvalue weighted by molar-refractivity contribution is 5.81. The van der Waals surface area contributed by atoms with E-state index in [2.05, 4.69) is 28.4 Å². The van der Waals surface area contributed by atoms with Crippen molar-refractivity contribution >= 4 is 11.0 Å². The van der Waals surface area contributed by atoms with E-state index in [0.29, 0.717) is 6.61 Å². The third-order valence-corrected chi connectivity index (χ3v) is 3.26. The number of hydrogen-bond acceptors (Lipinski definition) is 4. The van der Waals surface area contributed by atoms with Crippen LogP contribution in [0, 0.1) is 13.8 Å². The fourth-order valence-electron chi connectivity index (χ4n) is 2.22. The number of nitrogens with two attached hydrogens (primary N) is 1. The molecular formula is C14H22N4O. The summed E-state index contributed by atoms with van der Waals surface area (Å²) < 4.78 is 7.66. The summed E-state index contributed by atoms with van der Waals surface area (Å²) in [5, 5.41) is 0. The van der Waals surface area contributed by atoms with E-state index in [1.54, 1.807) is 0 Å². The topological polar surface area (TPSA) is 66.0 Å². The van der Waals surface area contributed by atoms with Crippen LogP contribution in [0.25, 0.3) is 11.0 Å². The maximum Gasteiger partial charge on any atom is 0.113 e. The van der Waals surface area contributed by atoms with E-state index in [0.717, 1.165) is 35.4 Å². The number of rotatable bonds is 5. The van der Waals surface area contributed by atoms with Crippen LogP contribution < -0.4 is 5.73 Å². The van der Waals surface area contributed by atoms with E-state index < -0.39 is 0 Å². The van der Waals surface area contributed by atoms with Crippen molar-refractivity contribution in [2.24, 2.45) is 5.73 Å². The van der Waals surface area contributed by atoms with Crippen LogP contribution >= 0.6 is 0 Å². The predicted molar refractivity (Wildman–Crippen MR) is 75.7 cm³/mol. The molecule has 0 bridgehead atoms. The number of hydrogen-bond donors (Lipinski definition) is 1. The first-order valence-electron chi connectivity index (χ1n) is 6.72. The maximum atomic E-state index is 5.63. The lowest BCUT2D eigenvalue weighted by Gasteiger charge is -2.11. The fourth-order valence-corrected chi connectivity index (χ4v) is 2.22. The molecule has 0 aliphatic rings. The number of pyridine rings is 1. The Morgan fingerprint density at radius 2 is 2.16 bits per heavy atom. The molecule has 19 heavy (non-hydrogen) atoms. The molecule has 2 rings (SSSR count). The predicted octanol–water partition coefficient (Wildman–Crippen LogP) is 2.28. The minimum Gasteiger partial charge on any atom is -0.358 e. The van der Waals surface area contributed by atoms with Gasteiger partial charge >= 0.3 is 0 Å². The van der Waals surface area contributed by atoms with E-state index in [-0.39, 0.29) is 6.23 Å². The Kier molecular flexibility index (Phi) is 4.17. The minimum absolute atomic E-state index is 0.295. The highest BCUT2D eigenvalue weighted by Gasteiger charge is 2.14. The molecule has 0 fully saturated rings. The van der Waals surface area contributed by atoms with Gasteiger partial charge in [-0.05, 0) is 32.8 Å². The van der Waals surface area contributed by atoms with Gasteiger partial charge < -0.3 is 15.0 Å². The molecule has 0 aromatic carbocycles. The lowest BCUT2D eigenvalue weighted by atomic mass is 10.1. The standard InChI is InChI=1S/C14H22N4O/c1-5-6-18-8-16-13-12(7-19-11(4)15)17-10(3)9(2)14(13)18/h8,11H,5-7,15H2,1-4H3. The summed E-state index contributed by atoms with van der Waals surface area (Å²) in [6, 6.07) is 0. The summed E-state index contributed by atoms with van der Waals surface area (Å²) in [5.41, 5.74) is 10.8. The van der Waals surface area contributed by atoms with Crippen molar-refractivity contribution in [3.63, 3.8) is 0 Å². The minimum atomic E-state index is -0.295. The van der Waals surface area contributed by atoms with Gasteiger partial charge in [0.2, 0.25) is 0 Å². The Morgan fingerprint density at radius 1 is 1.42 bits per heavy atom. The molecule has 0 saturated carbocycles. The second-order valence-electron chi connectivity index (χ2n) is 4.92. The zero-order valence-corrected chi connectivity index (χ0v) is 12.1. The van der Waals surface area contributed by atoms with Crippen LogP contribution in [0.3, 0.4) is 0 Å². The second kappa shape index (κ2) is 5.67. The number of aromatic nitrogens is 3. The van der Waals surface area contributed by atoms with Crippen molar-refractivity contribution in [1.82, 2.24) is 14.5 Å². The van der Waals surface area contributed by atoms with E-state index in [4.69, 9.17) is 10.5 Å². The number of ether oxygens (including phenoxy) is 1. The molecule has 1 atom stereocenters. The van der Waals surface area contributed by atoms with Gasteiger partial charge in [0.1, 0.15) is 11.7 Å². The van der Waals surface area contributed by atoms with E-state index >= 15 is 0 Å². The normalized spacial score (nSPS) is 13.1. The van der Waals surface area contributed by atoms with Crippen LogP contribution in [0.2, 0.25) is 0 Å². The van der Waals surface area contributed by atoms with Gasteiger partial charge in [-0.1, -0.05) is 6.92 Å². The van der Waals surface area contributed by atoms with Crippen molar-refractivity contribution in [3.8, 4) is 0 Å². The highest BCUT2D eigenvalue weighted by atomic mass is 16.5. The molecule has 2 aromatic rings. The van der Waals surface area contributed by atoms with Gasteiger partial charge in [-0.25, -0.2) is 4.98 Å². The summed E-state index contributed by atoms with van der Waals surface area (Å²) in [4.78, 5) is 9.09. The molecular weight excluding hydrogens is 240 g/mol. The average Bonchev–Trinajstić information content (AvgIpc) is 2.77. The van der Waals surface area contributed by atoms with Crippen molar-refractivity contribution in [2.45, 2.75) is 53.5 Å². The van der Waals surface area contributed by atoms with E-state index in [1.165, 1.54) is 5.56 Å². The monoisotopic (exact) mass is 262 g/mol. The first kappa shape index (κ1) is 14.0. The van der Waals surface area contributed by atoms with Crippen LogP contribution in [0.15, 0.2) is 6.33 Å². The SMILES string of the molecule is CCCn1cnc2c(COC(C)N)nc(C)c(C)c21. The molecule has 1 unspecified atom stereocenters. The zero-order valence-electron chi connectivity index (χ0n) is 12.1. The van der Waals surface area contributed by atoms with Crippen LogP contribution in [0.4, 0.5) is 0 Å². The van der Waals surface area contributed by atoms with E-state index in [1.807, 2.05) is 20.2 Å². The van der Waals surface area contributed by atoms with Crippen molar-refractivity contribution in [2.75, 3.05) is 0 Å². The number of nitrogens with zero attached hydrogens (tertiary/aromatic N) is 3. The summed E-state index contributed by atoms with van der Waals surface area (Å²) in [7, 11) is 0. The van der Waals surface area contributed by atoms with Gasteiger partial charge in [0.15, 0.2) is 0 Å². The van der Waals surface area contributed by atoms with Gasteiger partial charge in [0, 0.05) is 12.2 Å².